The van der Waals surface area contributed by atoms with Crippen molar-refractivity contribution in [3.05, 3.63) is 104 Å². The normalized spacial score (nSPS) is 11.0. The predicted octanol–water partition coefficient (Wildman–Crippen LogP) is 4.64. The Kier molecular flexibility index (Phi) is 6.53. The fourth-order valence-electron chi connectivity index (χ4n) is 3.48. The van der Waals surface area contributed by atoms with Gasteiger partial charge in [0, 0.05) is 12.7 Å². The van der Waals surface area contributed by atoms with Crippen molar-refractivity contribution in [3.63, 3.8) is 0 Å². The minimum Gasteiger partial charge on any atom is -0.331 e. The summed E-state index contributed by atoms with van der Waals surface area (Å²) in [5.74, 6) is 0.249. The molecule has 2 aromatic carbocycles. The number of amides is 1. The van der Waals surface area contributed by atoms with Crippen LogP contribution in [0.15, 0.2) is 71.7 Å². The minimum absolute atomic E-state index is 0.128. The zero-order valence-electron chi connectivity index (χ0n) is 17.3. The van der Waals surface area contributed by atoms with Crippen LogP contribution in [-0.4, -0.2) is 25.3 Å². The summed E-state index contributed by atoms with van der Waals surface area (Å²) in [6.45, 7) is 2.18. The molecule has 0 saturated heterocycles. The molecule has 162 valence electrons. The Morgan fingerprint density at radius 1 is 1.00 bits per heavy atom. The van der Waals surface area contributed by atoms with Crippen molar-refractivity contribution in [2.75, 3.05) is 0 Å². The van der Waals surface area contributed by atoms with Gasteiger partial charge in [0.05, 0.1) is 33.2 Å². The molecular weight excluding hydrogens is 447 g/mol. The third-order valence-electron chi connectivity index (χ3n) is 5.14. The van der Waals surface area contributed by atoms with Gasteiger partial charge in [-0.15, -0.1) is 0 Å². The molecule has 2 aromatic heterocycles. The predicted molar refractivity (Wildman–Crippen MR) is 126 cm³/mol. The smallest absolute Gasteiger partial charge is 0.261 e. The number of rotatable bonds is 6. The molecule has 0 radical (unpaired) electrons. The molecule has 32 heavy (non-hydrogen) atoms. The average molecular weight is 467 g/mol. The second-order valence-corrected chi connectivity index (χ2v) is 8.20. The number of aryl methyl sites for hydroxylation is 1. The summed E-state index contributed by atoms with van der Waals surface area (Å²) in [7, 11) is 0. The van der Waals surface area contributed by atoms with Crippen LogP contribution < -0.4 is 5.56 Å². The van der Waals surface area contributed by atoms with E-state index in [4.69, 9.17) is 23.2 Å². The molecule has 0 saturated carbocycles. The number of aromatic nitrogens is 3. The number of para-hydroxylation sites is 1. The third kappa shape index (κ3) is 4.82. The van der Waals surface area contributed by atoms with Crippen molar-refractivity contribution in [1.82, 2.24) is 19.4 Å². The van der Waals surface area contributed by atoms with E-state index >= 15 is 0 Å². The lowest BCUT2D eigenvalue weighted by atomic mass is 10.2. The third-order valence-corrected chi connectivity index (χ3v) is 5.87. The highest BCUT2D eigenvalue weighted by Gasteiger charge is 2.19. The lowest BCUT2D eigenvalue weighted by Gasteiger charge is -2.24. The lowest BCUT2D eigenvalue weighted by molar-refractivity contribution is -0.133. The lowest BCUT2D eigenvalue weighted by Crippen LogP contribution is -2.37. The van der Waals surface area contributed by atoms with Gasteiger partial charge in [-0.25, -0.2) is 4.98 Å². The first-order valence-electron chi connectivity index (χ1n) is 10.00. The molecule has 4 rings (SSSR count). The molecule has 6 nitrogen and oxygen atoms in total. The van der Waals surface area contributed by atoms with Crippen LogP contribution in [0.4, 0.5) is 0 Å². The van der Waals surface area contributed by atoms with E-state index in [1.807, 2.05) is 30.3 Å². The van der Waals surface area contributed by atoms with Crippen LogP contribution in [0.5, 0.6) is 0 Å². The van der Waals surface area contributed by atoms with Crippen molar-refractivity contribution < 1.29 is 4.79 Å². The number of fused-ring (bicyclic) bond motifs is 1. The quantitative estimate of drug-likeness (QED) is 0.415. The van der Waals surface area contributed by atoms with Gasteiger partial charge in [0.2, 0.25) is 5.91 Å². The number of pyridine rings is 1. The highest BCUT2D eigenvalue weighted by molar-refractivity contribution is 6.42. The highest BCUT2D eigenvalue weighted by Crippen LogP contribution is 2.23. The molecule has 0 bridgehead atoms. The molecule has 0 aliphatic heterocycles. The molecular formula is C24H20Cl2N4O2. The molecule has 8 heteroatoms. The van der Waals surface area contributed by atoms with E-state index in [1.165, 1.54) is 4.57 Å². The Labute approximate surface area is 195 Å². The van der Waals surface area contributed by atoms with Crippen molar-refractivity contribution in [3.8, 4) is 0 Å². The molecule has 0 atom stereocenters. The second kappa shape index (κ2) is 9.51. The van der Waals surface area contributed by atoms with Gasteiger partial charge >= 0.3 is 0 Å². The van der Waals surface area contributed by atoms with Gasteiger partial charge in [-0.3, -0.25) is 19.1 Å². The molecule has 0 aliphatic carbocycles. The minimum atomic E-state index is -0.242. The van der Waals surface area contributed by atoms with Crippen molar-refractivity contribution in [1.29, 1.82) is 0 Å². The molecule has 2 heterocycles. The van der Waals surface area contributed by atoms with Gasteiger partial charge in [-0.1, -0.05) is 47.5 Å². The zero-order valence-corrected chi connectivity index (χ0v) is 18.8. The summed E-state index contributed by atoms with van der Waals surface area (Å²) < 4.78 is 1.41. The first-order chi connectivity index (χ1) is 15.4. The standard InChI is InChI=1S/C24H20Cl2N4O2/c1-16-28-22-8-3-2-7-19(22)24(32)30(16)15-23(31)29(14-18-6-4-5-11-27-18)13-17-9-10-20(25)21(26)12-17/h2-12H,13-15H2,1H3. The number of benzene rings is 2. The maximum Gasteiger partial charge on any atom is 0.261 e. The van der Waals surface area contributed by atoms with E-state index in [1.54, 1.807) is 48.4 Å². The Bertz CT molecular complexity index is 1340. The van der Waals surface area contributed by atoms with E-state index in [9.17, 15) is 9.59 Å². The first kappa shape index (κ1) is 22.0. The number of nitrogens with zero attached hydrogens (tertiary/aromatic N) is 4. The molecule has 0 N–H and O–H groups in total. The summed E-state index contributed by atoms with van der Waals surface area (Å²) in [5, 5.41) is 1.34. The van der Waals surface area contributed by atoms with Crippen LogP contribution in [0, 0.1) is 6.92 Å². The summed E-state index contributed by atoms with van der Waals surface area (Å²) in [6, 6.07) is 17.9. The molecule has 4 aromatic rings. The van der Waals surface area contributed by atoms with Crippen LogP contribution in [0.3, 0.4) is 0 Å². The maximum atomic E-state index is 13.4. The number of halogens is 2. The number of carbonyl (C=O) groups excluding carboxylic acids is 1. The van der Waals surface area contributed by atoms with Gasteiger partial charge in [0.25, 0.3) is 5.56 Å². The summed E-state index contributed by atoms with van der Waals surface area (Å²) in [6.07, 6.45) is 1.68. The van der Waals surface area contributed by atoms with E-state index < -0.39 is 0 Å². The van der Waals surface area contributed by atoms with Crippen LogP contribution in [0.25, 0.3) is 10.9 Å². The average Bonchev–Trinajstić information content (AvgIpc) is 2.79. The summed E-state index contributed by atoms with van der Waals surface area (Å²) >= 11 is 12.2. The Hall–Kier alpha value is -3.22. The zero-order chi connectivity index (χ0) is 22.7. The van der Waals surface area contributed by atoms with Crippen molar-refractivity contribution in [2.45, 2.75) is 26.6 Å². The van der Waals surface area contributed by atoms with Crippen LogP contribution >= 0.6 is 23.2 Å². The second-order valence-electron chi connectivity index (χ2n) is 7.39. The Morgan fingerprint density at radius 2 is 1.78 bits per heavy atom. The van der Waals surface area contributed by atoms with E-state index in [0.717, 1.165) is 11.3 Å². The Morgan fingerprint density at radius 3 is 2.53 bits per heavy atom. The first-order valence-corrected chi connectivity index (χ1v) is 10.8. The monoisotopic (exact) mass is 466 g/mol. The molecule has 0 aliphatic rings. The largest absolute Gasteiger partial charge is 0.331 e. The highest BCUT2D eigenvalue weighted by atomic mass is 35.5. The van der Waals surface area contributed by atoms with Crippen LogP contribution in [-0.2, 0) is 24.4 Å². The SMILES string of the molecule is Cc1nc2ccccc2c(=O)n1CC(=O)N(Cc1ccc(Cl)c(Cl)c1)Cc1ccccn1. The van der Waals surface area contributed by atoms with Crippen LogP contribution in [0.2, 0.25) is 10.0 Å². The van der Waals surface area contributed by atoms with Crippen molar-refractivity contribution >= 4 is 40.0 Å². The van der Waals surface area contributed by atoms with Crippen LogP contribution in [0.1, 0.15) is 17.1 Å². The number of hydrogen-bond donors (Lipinski definition) is 0. The summed E-state index contributed by atoms with van der Waals surface area (Å²) in [4.78, 5) is 36.8. The van der Waals surface area contributed by atoms with Gasteiger partial charge in [-0.2, -0.15) is 0 Å². The topological polar surface area (TPSA) is 68.1 Å². The van der Waals surface area contributed by atoms with E-state index in [0.29, 0.717) is 33.3 Å². The maximum absolute atomic E-state index is 13.4. The molecule has 0 fully saturated rings. The number of carbonyl (C=O) groups is 1. The van der Waals surface area contributed by atoms with E-state index in [2.05, 4.69) is 9.97 Å². The van der Waals surface area contributed by atoms with Gasteiger partial charge in [0.15, 0.2) is 0 Å². The van der Waals surface area contributed by atoms with E-state index in [-0.39, 0.29) is 24.6 Å². The fourth-order valence-corrected chi connectivity index (χ4v) is 3.80. The van der Waals surface area contributed by atoms with Crippen molar-refractivity contribution in [2.24, 2.45) is 0 Å². The molecule has 1 amide bonds. The fraction of sp³-hybridized carbons (Fsp3) is 0.167. The van der Waals surface area contributed by atoms with Gasteiger partial charge in [-0.05, 0) is 48.9 Å². The van der Waals surface area contributed by atoms with Gasteiger partial charge < -0.3 is 4.90 Å². The molecule has 0 unspecified atom stereocenters. The molecule has 0 spiro atoms. The number of hydrogen-bond acceptors (Lipinski definition) is 4. The summed E-state index contributed by atoms with van der Waals surface area (Å²) in [5.41, 5.74) is 1.93. The Balaban J connectivity index is 1.66. The van der Waals surface area contributed by atoms with Gasteiger partial charge in [0.1, 0.15) is 12.4 Å².